The standard InChI is InChI=1S/C23H20ClN3O3/c1-12-6-2-3-9-15(12)27-20(28)17-16-10-5-11-26(16)23(18(17)21(27)29)13-7-4-8-14(24)19(13)25-22(23)30/h2-4,6-9,16-18H,5,10-11H2,1H3,(H,25,30)/t16-,17+,18-,23-/m0/s1. The second kappa shape index (κ2) is 5.93. The molecule has 0 radical (unpaired) electrons. The summed E-state index contributed by atoms with van der Waals surface area (Å²) in [5, 5.41) is 3.38. The number of nitrogens with zero attached hydrogens (tertiary/aromatic N) is 2. The quantitative estimate of drug-likeness (QED) is 0.718. The van der Waals surface area contributed by atoms with E-state index in [-0.39, 0.29) is 23.8 Å². The van der Waals surface area contributed by atoms with E-state index in [9.17, 15) is 14.4 Å². The SMILES string of the molecule is Cc1ccccc1N1C(=O)[C@H]2[C@@H](C1=O)[C@@]1(C(=O)Nc3c(Cl)cccc31)N1CCC[C@@H]21. The fraction of sp³-hybridized carbons (Fsp3) is 0.348. The zero-order valence-electron chi connectivity index (χ0n) is 16.4. The van der Waals surface area contributed by atoms with Crippen LogP contribution in [-0.2, 0) is 19.9 Å². The van der Waals surface area contributed by atoms with Gasteiger partial charge in [0.25, 0.3) is 5.91 Å². The lowest BCUT2D eigenvalue weighted by molar-refractivity contribution is -0.135. The van der Waals surface area contributed by atoms with Crippen LogP contribution in [0.25, 0.3) is 0 Å². The third-order valence-electron chi connectivity index (χ3n) is 7.33. The van der Waals surface area contributed by atoms with Crippen molar-refractivity contribution >= 4 is 40.7 Å². The van der Waals surface area contributed by atoms with Gasteiger partial charge in [-0.15, -0.1) is 0 Å². The first kappa shape index (κ1) is 18.1. The number of carbonyl (C=O) groups excluding carboxylic acids is 3. The molecule has 6 nitrogen and oxygen atoms in total. The lowest BCUT2D eigenvalue weighted by atomic mass is 9.75. The fourth-order valence-corrected chi connectivity index (χ4v) is 6.47. The number of hydrogen-bond acceptors (Lipinski definition) is 4. The van der Waals surface area contributed by atoms with E-state index >= 15 is 0 Å². The summed E-state index contributed by atoms with van der Waals surface area (Å²) in [7, 11) is 0. The van der Waals surface area contributed by atoms with Gasteiger partial charge in [0.15, 0.2) is 0 Å². The normalized spacial score (nSPS) is 32.0. The summed E-state index contributed by atoms with van der Waals surface area (Å²) in [5.74, 6) is -2.03. The Balaban J connectivity index is 1.59. The van der Waals surface area contributed by atoms with Gasteiger partial charge in [-0.25, -0.2) is 4.90 Å². The topological polar surface area (TPSA) is 69.7 Å². The number of rotatable bonds is 1. The van der Waals surface area contributed by atoms with Crippen molar-refractivity contribution in [2.75, 3.05) is 16.8 Å². The van der Waals surface area contributed by atoms with Crippen LogP contribution in [0, 0.1) is 18.8 Å². The number of amides is 3. The van der Waals surface area contributed by atoms with Gasteiger partial charge in [0.1, 0.15) is 5.54 Å². The molecule has 4 atom stereocenters. The molecule has 2 aromatic carbocycles. The fourth-order valence-electron chi connectivity index (χ4n) is 6.25. The van der Waals surface area contributed by atoms with Crippen LogP contribution in [0.3, 0.4) is 0 Å². The number of anilines is 2. The van der Waals surface area contributed by atoms with Gasteiger partial charge < -0.3 is 5.32 Å². The molecule has 3 fully saturated rings. The molecule has 0 saturated carbocycles. The van der Waals surface area contributed by atoms with E-state index in [4.69, 9.17) is 11.6 Å². The molecule has 0 aliphatic carbocycles. The molecule has 0 aromatic heterocycles. The Labute approximate surface area is 178 Å². The summed E-state index contributed by atoms with van der Waals surface area (Å²) in [6, 6.07) is 12.7. The highest BCUT2D eigenvalue weighted by Crippen LogP contribution is 2.61. The summed E-state index contributed by atoms with van der Waals surface area (Å²) in [4.78, 5) is 44.5. The average molecular weight is 422 g/mol. The number of aryl methyl sites for hydroxylation is 1. The Morgan fingerprint density at radius 1 is 1.07 bits per heavy atom. The van der Waals surface area contributed by atoms with Crippen LogP contribution in [-0.4, -0.2) is 35.2 Å². The van der Waals surface area contributed by atoms with Crippen molar-refractivity contribution in [1.29, 1.82) is 0 Å². The lowest BCUT2D eigenvalue weighted by Gasteiger charge is -2.36. The van der Waals surface area contributed by atoms with E-state index < -0.39 is 17.4 Å². The lowest BCUT2D eigenvalue weighted by Crippen LogP contribution is -2.54. The maximum absolute atomic E-state index is 13.8. The Morgan fingerprint density at radius 3 is 2.67 bits per heavy atom. The molecule has 3 amide bonds. The van der Waals surface area contributed by atoms with E-state index in [2.05, 4.69) is 10.2 Å². The average Bonchev–Trinajstić information content (AvgIpc) is 3.42. The van der Waals surface area contributed by atoms with Crippen molar-refractivity contribution in [2.45, 2.75) is 31.3 Å². The Morgan fingerprint density at radius 2 is 1.87 bits per heavy atom. The molecule has 6 rings (SSSR count). The third-order valence-corrected chi connectivity index (χ3v) is 7.65. The van der Waals surface area contributed by atoms with Gasteiger partial charge in [0.05, 0.1) is 28.2 Å². The largest absolute Gasteiger partial charge is 0.323 e. The minimum atomic E-state index is -1.18. The highest BCUT2D eigenvalue weighted by molar-refractivity contribution is 6.35. The zero-order valence-corrected chi connectivity index (χ0v) is 17.1. The summed E-state index contributed by atoms with van der Waals surface area (Å²) in [6.07, 6.45) is 1.69. The van der Waals surface area contributed by atoms with Crippen molar-refractivity contribution in [1.82, 2.24) is 4.90 Å². The predicted molar refractivity (Wildman–Crippen MR) is 112 cm³/mol. The number of para-hydroxylation sites is 2. The maximum Gasteiger partial charge on any atom is 0.250 e. The second-order valence-corrected chi connectivity index (χ2v) is 8.99. The second-order valence-electron chi connectivity index (χ2n) is 8.59. The molecule has 4 aliphatic heterocycles. The molecular formula is C23H20ClN3O3. The first-order valence-electron chi connectivity index (χ1n) is 10.3. The van der Waals surface area contributed by atoms with Crippen LogP contribution in [0.5, 0.6) is 0 Å². The zero-order chi connectivity index (χ0) is 20.8. The molecular weight excluding hydrogens is 402 g/mol. The number of halogens is 1. The Kier molecular flexibility index (Phi) is 3.58. The Bertz CT molecular complexity index is 1150. The summed E-state index contributed by atoms with van der Waals surface area (Å²) < 4.78 is 0. The van der Waals surface area contributed by atoms with Crippen LogP contribution in [0.15, 0.2) is 42.5 Å². The number of benzene rings is 2. The van der Waals surface area contributed by atoms with Gasteiger partial charge in [-0.2, -0.15) is 0 Å². The number of carbonyl (C=O) groups is 3. The van der Waals surface area contributed by atoms with E-state index in [1.807, 2.05) is 37.3 Å². The van der Waals surface area contributed by atoms with E-state index in [0.29, 0.717) is 28.5 Å². The molecule has 1 spiro atoms. The number of fused-ring (bicyclic) bond motifs is 7. The molecule has 3 saturated heterocycles. The molecule has 2 aromatic rings. The minimum absolute atomic E-state index is 0.129. The van der Waals surface area contributed by atoms with Crippen LogP contribution in [0.1, 0.15) is 24.0 Å². The summed E-state index contributed by atoms with van der Waals surface area (Å²) in [5.41, 5.74) is 1.55. The molecule has 0 unspecified atom stereocenters. The van der Waals surface area contributed by atoms with Crippen molar-refractivity contribution in [3.63, 3.8) is 0 Å². The third kappa shape index (κ3) is 1.92. The molecule has 30 heavy (non-hydrogen) atoms. The van der Waals surface area contributed by atoms with Crippen molar-refractivity contribution in [2.24, 2.45) is 11.8 Å². The molecule has 1 N–H and O–H groups in total. The predicted octanol–water partition coefficient (Wildman–Crippen LogP) is 3.08. The van der Waals surface area contributed by atoms with Gasteiger partial charge in [-0.3, -0.25) is 19.3 Å². The molecule has 4 heterocycles. The van der Waals surface area contributed by atoms with Gasteiger partial charge in [-0.05, 0) is 44.0 Å². The van der Waals surface area contributed by atoms with Gasteiger partial charge in [0.2, 0.25) is 11.8 Å². The highest BCUT2D eigenvalue weighted by Gasteiger charge is 2.74. The first-order valence-corrected chi connectivity index (χ1v) is 10.7. The van der Waals surface area contributed by atoms with E-state index in [1.54, 1.807) is 12.1 Å². The first-order chi connectivity index (χ1) is 14.5. The van der Waals surface area contributed by atoms with Crippen LogP contribution in [0.4, 0.5) is 11.4 Å². The van der Waals surface area contributed by atoms with Gasteiger partial charge >= 0.3 is 0 Å². The highest BCUT2D eigenvalue weighted by atomic mass is 35.5. The van der Waals surface area contributed by atoms with Gasteiger partial charge in [0, 0.05) is 11.6 Å². The summed E-state index contributed by atoms with van der Waals surface area (Å²) >= 11 is 6.40. The van der Waals surface area contributed by atoms with Crippen molar-refractivity contribution < 1.29 is 14.4 Å². The van der Waals surface area contributed by atoms with Gasteiger partial charge in [-0.1, -0.05) is 41.9 Å². The number of imide groups is 1. The molecule has 0 bridgehead atoms. The van der Waals surface area contributed by atoms with Crippen molar-refractivity contribution in [3.8, 4) is 0 Å². The molecule has 152 valence electrons. The Hall–Kier alpha value is -2.70. The molecule has 4 aliphatic rings. The summed E-state index contributed by atoms with van der Waals surface area (Å²) in [6.45, 7) is 2.57. The monoisotopic (exact) mass is 421 g/mol. The van der Waals surface area contributed by atoms with E-state index in [1.165, 1.54) is 4.90 Å². The van der Waals surface area contributed by atoms with E-state index in [0.717, 1.165) is 18.4 Å². The van der Waals surface area contributed by atoms with Crippen LogP contribution in [0.2, 0.25) is 5.02 Å². The number of nitrogens with one attached hydrogen (secondary N) is 1. The minimum Gasteiger partial charge on any atom is -0.323 e. The number of hydrogen-bond donors (Lipinski definition) is 1. The maximum atomic E-state index is 13.8. The smallest absolute Gasteiger partial charge is 0.250 e. The molecule has 7 heteroatoms. The van der Waals surface area contributed by atoms with Crippen LogP contribution >= 0.6 is 11.6 Å². The van der Waals surface area contributed by atoms with Crippen LogP contribution < -0.4 is 10.2 Å². The van der Waals surface area contributed by atoms with Crippen molar-refractivity contribution in [3.05, 3.63) is 58.6 Å².